The van der Waals surface area contributed by atoms with Gasteiger partial charge in [-0.2, -0.15) is 0 Å². The predicted molar refractivity (Wildman–Crippen MR) is 87.9 cm³/mol. The minimum absolute atomic E-state index is 0.0311. The number of aryl methyl sites for hydroxylation is 2. The van der Waals surface area contributed by atoms with Gasteiger partial charge in [0.2, 0.25) is 0 Å². The molecule has 2 aromatic heterocycles. The first-order chi connectivity index (χ1) is 11.0. The van der Waals surface area contributed by atoms with Crippen molar-refractivity contribution in [3.8, 4) is 5.82 Å². The van der Waals surface area contributed by atoms with E-state index in [1.807, 2.05) is 37.5 Å². The second-order valence-electron chi connectivity index (χ2n) is 5.79. The van der Waals surface area contributed by atoms with Crippen LogP contribution in [0.15, 0.2) is 16.7 Å². The van der Waals surface area contributed by atoms with Crippen molar-refractivity contribution in [3.05, 3.63) is 34.8 Å². The monoisotopic (exact) mass is 319 g/mol. The number of rotatable bonds is 7. The summed E-state index contributed by atoms with van der Waals surface area (Å²) in [5.74, 6) is 1.36. The number of amides is 1. The summed E-state index contributed by atoms with van der Waals surface area (Å²) < 4.78 is 7.06. The van der Waals surface area contributed by atoms with Crippen LogP contribution in [0.2, 0.25) is 0 Å². The van der Waals surface area contributed by atoms with E-state index in [0.717, 1.165) is 30.0 Å². The van der Waals surface area contributed by atoms with Crippen molar-refractivity contribution in [2.24, 2.45) is 0 Å². The summed E-state index contributed by atoms with van der Waals surface area (Å²) in [5.41, 5.74) is 2.41. The molecule has 2 rings (SSSR count). The highest BCUT2D eigenvalue weighted by Crippen LogP contribution is 2.22. The number of hydrogen-bond acceptors (Lipinski definition) is 4. The lowest BCUT2D eigenvalue weighted by Gasteiger charge is -2.21. The van der Waals surface area contributed by atoms with Crippen LogP contribution in [0.1, 0.15) is 47.3 Å². The van der Waals surface area contributed by atoms with Gasteiger partial charge in [0, 0.05) is 30.5 Å². The molecule has 0 aliphatic rings. The second kappa shape index (κ2) is 7.46. The van der Waals surface area contributed by atoms with E-state index in [0.29, 0.717) is 24.5 Å². The maximum absolute atomic E-state index is 12.8. The van der Waals surface area contributed by atoms with Crippen LogP contribution in [0.25, 0.3) is 5.82 Å². The van der Waals surface area contributed by atoms with Crippen molar-refractivity contribution in [2.75, 3.05) is 19.7 Å². The highest BCUT2D eigenvalue weighted by molar-refractivity contribution is 5.96. The van der Waals surface area contributed by atoms with E-state index in [2.05, 4.69) is 12.1 Å². The summed E-state index contributed by atoms with van der Waals surface area (Å²) in [5, 5.41) is 13.3. The van der Waals surface area contributed by atoms with Crippen LogP contribution in [0.3, 0.4) is 0 Å². The summed E-state index contributed by atoms with van der Waals surface area (Å²) in [6.07, 6.45) is 1.93. The number of carbonyl (C=O) groups excluding carboxylic acids is 1. The van der Waals surface area contributed by atoms with E-state index in [9.17, 15) is 9.90 Å². The number of aliphatic hydroxyl groups excluding tert-OH is 1. The molecule has 0 spiro atoms. The highest BCUT2D eigenvalue weighted by atomic mass is 16.5. The molecule has 0 aliphatic carbocycles. The quantitative estimate of drug-likeness (QED) is 0.851. The maximum Gasteiger partial charge on any atom is 0.255 e. The number of carbonyl (C=O) groups is 1. The van der Waals surface area contributed by atoms with E-state index < -0.39 is 0 Å². The van der Waals surface area contributed by atoms with Crippen LogP contribution in [0.4, 0.5) is 0 Å². The Labute approximate surface area is 136 Å². The first kappa shape index (κ1) is 17.3. The van der Waals surface area contributed by atoms with Gasteiger partial charge in [0.05, 0.1) is 12.2 Å². The molecule has 2 aromatic rings. The Hall–Kier alpha value is -2.08. The van der Waals surface area contributed by atoms with Gasteiger partial charge in [-0.05, 0) is 33.3 Å². The van der Waals surface area contributed by atoms with Crippen molar-refractivity contribution in [1.82, 2.24) is 14.6 Å². The van der Waals surface area contributed by atoms with Gasteiger partial charge in [-0.3, -0.25) is 9.36 Å². The Morgan fingerprint density at radius 2 is 2.04 bits per heavy atom. The Morgan fingerprint density at radius 1 is 1.30 bits per heavy atom. The zero-order valence-electron chi connectivity index (χ0n) is 14.3. The van der Waals surface area contributed by atoms with Crippen LogP contribution >= 0.6 is 0 Å². The van der Waals surface area contributed by atoms with Gasteiger partial charge >= 0.3 is 0 Å². The Bertz CT molecular complexity index is 673. The van der Waals surface area contributed by atoms with Gasteiger partial charge in [0.25, 0.3) is 5.91 Å². The Morgan fingerprint density at radius 3 is 2.61 bits per heavy atom. The van der Waals surface area contributed by atoms with Crippen LogP contribution < -0.4 is 0 Å². The molecule has 0 bridgehead atoms. The molecule has 0 fully saturated rings. The largest absolute Gasteiger partial charge is 0.395 e. The SMILES string of the molecule is CCCCN(CCO)C(=O)c1cc(C)n(-c2cc(C)on2)c1C. The Kier molecular flexibility index (Phi) is 5.60. The van der Waals surface area contributed by atoms with Gasteiger partial charge < -0.3 is 14.5 Å². The van der Waals surface area contributed by atoms with Crippen LogP contribution in [-0.2, 0) is 0 Å². The third kappa shape index (κ3) is 3.64. The molecule has 0 aromatic carbocycles. The number of nitrogens with zero attached hydrogens (tertiary/aromatic N) is 3. The molecule has 0 aliphatic heterocycles. The first-order valence-electron chi connectivity index (χ1n) is 8.02. The van der Waals surface area contributed by atoms with Gasteiger partial charge in [-0.15, -0.1) is 0 Å². The molecule has 0 saturated heterocycles. The molecule has 23 heavy (non-hydrogen) atoms. The number of hydrogen-bond donors (Lipinski definition) is 1. The summed E-state index contributed by atoms with van der Waals surface area (Å²) in [6.45, 7) is 8.74. The lowest BCUT2D eigenvalue weighted by Crippen LogP contribution is -2.34. The molecule has 0 radical (unpaired) electrons. The van der Waals surface area contributed by atoms with Gasteiger partial charge in [0.1, 0.15) is 5.76 Å². The van der Waals surface area contributed by atoms with Crippen molar-refractivity contribution in [1.29, 1.82) is 0 Å². The van der Waals surface area contributed by atoms with Crippen molar-refractivity contribution < 1.29 is 14.4 Å². The molecular formula is C17H25N3O3. The molecule has 1 amide bonds. The molecule has 0 atom stereocenters. The lowest BCUT2D eigenvalue weighted by molar-refractivity contribution is 0.0718. The zero-order chi connectivity index (χ0) is 17.0. The molecule has 126 valence electrons. The van der Waals surface area contributed by atoms with Crippen LogP contribution in [0, 0.1) is 20.8 Å². The zero-order valence-corrected chi connectivity index (χ0v) is 14.3. The average molecular weight is 319 g/mol. The average Bonchev–Trinajstić information content (AvgIpc) is 3.06. The lowest BCUT2D eigenvalue weighted by atomic mass is 10.2. The molecule has 6 heteroatoms. The standard InChI is InChI=1S/C17H25N3O3/c1-5-6-7-19(8-9-21)17(22)15-10-12(2)20(14(15)4)16-11-13(3)23-18-16/h10-11,21H,5-9H2,1-4H3. The van der Waals surface area contributed by atoms with E-state index >= 15 is 0 Å². The molecule has 0 saturated carbocycles. The molecule has 0 unspecified atom stereocenters. The van der Waals surface area contributed by atoms with Crippen molar-refractivity contribution >= 4 is 5.91 Å². The maximum atomic E-state index is 12.8. The van der Waals surface area contributed by atoms with Crippen molar-refractivity contribution in [2.45, 2.75) is 40.5 Å². The van der Waals surface area contributed by atoms with E-state index in [1.165, 1.54) is 0 Å². The van der Waals surface area contributed by atoms with Crippen LogP contribution in [-0.4, -0.2) is 45.3 Å². The molecule has 2 heterocycles. The predicted octanol–water partition coefficient (Wildman–Crippen LogP) is 2.63. The smallest absolute Gasteiger partial charge is 0.255 e. The fourth-order valence-electron chi connectivity index (χ4n) is 2.75. The van der Waals surface area contributed by atoms with Crippen molar-refractivity contribution in [3.63, 3.8) is 0 Å². The summed E-state index contributed by atoms with van der Waals surface area (Å²) in [7, 11) is 0. The Balaban J connectivity index is 2.34. The first-order valence-corrected chi connectivity index (χ1v) is 8.02. The number of aliphatic hydroxyl groups is 1. The fraction of sp³-hybridized carbons (Fsp3) is 0.529. The van der Waals surface area contributed by atoms with Gasteiger partial charge in [0.15, 0.2) is 5.82 Å². The number of aromatic nitrogens is 2. The number of unbranched alkanes of at least 4 members (excludes halogenated alkanes) is 1. The van der Waals surface area contributed by atoms with E-state index in [4.69, 9.17) is 4.52 Å². The minimum Gasteiger partial charge on any atom is -0.395 e. The molecule has 1 N–H and O–H groups in total. The third-order valence-electron chi connectivity index (χ3n) is 3.94. The fourth-order valence-corrected chi connectivity index (χ4v) is 2.75. The highest BCUT2D eigenvalue weighted by Gasteiger charge is 2.22. The van der Waals surface area contributed by atoms with Gasteiger partial charge in [-0.1, -0.05) is 18.5 Å². The molecular weight excluding hydrogens is 294 g/mol. The normalized spacial score (nSPS) is 11.0. The molecule has 6 nitrogen and oxygen atoms in total. The topological polar surface area (TPSA) is 71.5 Å². The summed E-state index contributed by atoms with van der Waals surface area (Å²) >= 11 is 0. The third-order valence-corrected chi connectivity index (χ3v) is 3.94. The van der Waals surface area contributed by atoms with E-state index in [1.54, 1.807) is 4.90 Å². The van der Waals surface area contributed by atoms with E-state index in [-0.39, 0.29) is 12.5 Å². The minimum atomic E-state index is -0.0490. The van der Waals surface area contributed by atoms with Gasteiger partial charge in [-0.25, -0.2) is 0 Å². The van der Waals surface area contributed by atoms with Crippen LogP contribution in [0.5, 0.6) is 0 Å². The second-order valence-corrected chi connectivity index (χ2v) is 5.79. The summed E-state index contributed by atoms with van der Waals surface area (Å²) in [6, 6.07) is 3.72. The summed E-state index contributed by atoms with van der Waals surface area (Å²) in [4.78, 5) is 14.5.